The first-order valence-electron chi connectivity index (χ1n) is 11.6. The van der Waals surface area contributed by atoms with Crippen LogP contribution in [0.2, 0.25) is 5.02 Å². The van der Waals surface area contributed by atoms with E-state index in [4.69, 9.17) is 17.3 Å². The molecule has 0 spiro atoms. The summed E-state index contributed by atoms with van der Waals surface area (Å²) < 4.78 is 43.9. The Morgan fingerprint density at radius 1 is 1.15 bits per heavy atom. The highest BCUT2D eigenvalue weighted by Gasteiger charge is 2.29. The van der Waals surface area contributed by atoms with Crippen LogP contribution in [0.1, 0.15) is 29.0 Å². The average molecular weight is 582 g/mol. The Morgan fingerprint density at radius 3 is 2.62 bits per heavy atom. The third-order valence-electron chi connectivity index (χ3n) is 6.17. The van der Waals surface area contributed by atoms with Crippen molar-refractivity contribution < 1.29 is 17.6 Å². The second kappa shape index (κ2) is 10.9. The van der Waals surface area contributed by atoms with E-state index in [2.05, 4.69) is 14.7 Å². The second-order valence-electron chi connectivity index (χ2n) is 8.82. The van der Waals surface area contributed by atoms with Crippen molar-refractivity contribution in [3.05, 3.63) is 111 Å². The number of amides is 1. The van der Waals surface area contributed by atoms with Crippen molar-refractivity contribution in [2.75, 3.05) is 5.73 Å². The molecule has 0 radical (unpaired) electrons. The number of aromatic nitrogens is 3. The summed E-state index contributed by atoms with van der Waals surface area (Å²) in [6.45, 7) is 1.51. The number of hydrogen-bond acceptors (Lipinski definition) is 6. The molecular weight excluding hydrogens is 557 g/mol. The highest BCUT2D eigenvalue weighted by molar-refractivity contribution is 7.90. The van der Waals surface area contributed by atoms with Gasteiger partial charge in [-0.3, -0.25) is 9.59 Å². The monoisotopic (exact) mass is 581 g/mol. The van der Waals surface area contributed by atoms with Gasteiger partial charge >= 0.3 is 0 Å². The standard InChI is InChI=1S/C27H21ClFN5O4S.CH4/c1-15-11-18(29)5-7-22(15)39(37,38)33-27(36)25-24(19-3-2-9-32-26(19)35)20-13-17(28)4-6-21(20)34(25)14-16-8-10-31-23(30)12-16;/h2-13H,14H2,1H3,(H2,30,31)(H,32,35)(H,33,36);1H4. The summed E-state index contributed by atoms with van der Waals surface area (Å²) in [5.74, 6) is -1.35. The van der Waals surface area contributed by atoms with Crippen LogP contribution < -0.4 is 16.0 Å². The summed E-state index contributed by atoms with van der Waals surface area (Å²) in [6.07, 6.45) is 2.96. The molecule has 0 bridgehead atoms. The number of halogens is 2. The Kier molecular flexibility index (Phi) is 7.81. The molecule has 0 aliphatic heterocycles. The number of nitrogens with zero attached hydrogens (tertiary/aromatic N) is 2. The van der Waals surface area contributed by atoms with E-state index in [9.17, 15) is 22.4 Å². The van der Waals surface area contributed by atoms with Gasteiger partial charge in [0.2, 0.25) is 0 Å². The molecule has 5 aromatic rings. The van der Waals surface area contributed by atoms with E-state index in [0.29, 0.717) is 21.5 Å². The minimum absolute atomic E-state index is 0. The van der Waals surface area contributed by atoms with Gasteiger partial charge < -0.3 is 15.3 Å². The number of carbonyl (C=O) groups is 1. The van der Waals surface area contributed by atoms with Gasteiger partial charge in [-0.15, -0.1) is 0 Å². The smallest absolute Gasteiger partial charge is 0.282 e. The number of sulfonamides is 1. The topological polar surface area (TPSA) is 140 Å². The SMILES string of the molecule is C.Cc1cc(F)ccc1S(=O)(=O)NC(=O)c1c(-c2ccc[nH]c2=O)c2cc(Cl)ccc2n1Cc1ccnc(N)c1. The lowest BCUT2D eigenvalue weighted by Crippen LogP contribution is -2.33. The predicted molar refractivity (Wildman–Crippen MR) is 153 cm³/mol. The molecule has 3 aromatic heterocycles. The van der Waals surface area contributed by atoms with Crippen molar-refractivity contribution in [2.45, 2.75) is 25.8 Å². The Balaban J connectivity index is 0.00000370. The molecule has 0 aliphatic rings. The normalized spacial score (nSPS) is 11.3. The van der Waals surface area contributed by atoms with Crippen LogP contribution in [0.4, 0.5) is 10.2 Å². The first kappa shape index (κ1) is 28.5. The zero-order chi connectivity index (χ0) is 27.9. The van der Waals surface area contributed by atoms with Crippen LogP contribution in [-0.2, 0) is 16.6 Å². The van der Waals surface area contributed by atoms with Crippen molar-refractivity contribution in [3.63, 3.8) is 0 Å². The van der Waals surface area contributed by atoms with Crippen LogP contribution >= 0.6 is 11.6 Å². The quantitative estimate of drug-likeness (QED) is 0.261. The molecule has 4 N–H and O–H groups in total. The molecule has 5 rings (SSSR count). The van der Waals surface area contributed by atoms with Crippen molar-refractivity contribution in [1.29, 1.82) is 0 Å². The number of carbonyl (C=O) groups excluding carboxylic acids is 1. The summed E-state index contributed by atoms with van der Waals surface area (Å²) in [6, 6.07) is 14.5. The van der Waals surface area contributed by atoms with Crippen LogP contribution in [0, 0.1) is 12.7 Å². The number of anilines is 1. The van der Waals surface area contributed by atoms with E-state index in [1.807, 2.05) is 0 Å². The number of nitrogens with two attached hydrogens (primary N) is 1. The molecule has 3 heterocycles. The van der Waals surface area contributed by atoms with Crippen molar-refractivity contribution in [2.24, 2.45) is 0 Å². The van der Waals surface area contributed by atoms with Crippen LogP contribution in [-0.4, -0.2) is 28.9 Å². The summed E-state index contributed by atoms with van der Waals surface area (Å²) in [5.41, 5.74) is 6.93. The average Bonchev–Trinajstić information content (AvgIpc) is 3.16. The minimum atomic E-state index is -4.43. The van der Waals surface area contributed by atoms with E-state index >= 15 is 0 Å². The first-order valence-corrected chi connectivity index (χ1v) is 13.4. The van der Waals surface area contributed by atoms with Gasteiger partial charge in [0.25, 0.3) is 21.5 Å². The Labute approximate surface area is 234 Å². The molecule has 0 atom stereocenters. The molecule has 2 aromatic carbocycles. The van der Waals surface area contributed by atoms with Gasteiger partial charge in [0.05, 0.1) is 4.90 Å². The van der Waals surface area contributed by atoms with Crippen LogP contribution in [0.25, 0.3) is 22.0 Å². The van der Waals surface area contributed by atoms with Crippen LogP contribution in [0.3, 0.4) is 0 Å². The lowest BCUT2D eigenvalue weighted by Gasteiger charge is -2.14. The number of rotatable bonds is 6. The van der Waals surface area contributed by atoms with Crippen LogP contribution in [0.5, 0.6) is 0 Å². The Bertz CT molecular complexity index is 1940. The van der Waals surface area contributed by atoms with Crippen molar-refractivity contribution in [3.8, 4) is 11.1 Å². The Morgan fingerprint density at radius 2 is 1.93 bits per heavy atom. The summed E-state index contributed by atoms with van der Waals surface area (Å²) in [7, 11) is -4.43. The maximum absolute atomic E-state index is 13.9. The van der Waals surface area contributed by atoms with Crippen molar-refractivity contribution >= 4 is 44.3 Å². The van der Waals surface area contributed by atoms with Gasteiger partial charge in [-0.05, 0) is 78.7 Å². The van der Waals surface area contributed by atoms with E-state index in [1.165, 1.54) is 25.4 Å². The first-order chi connectivity index (χ1) is 18.5. The zero-order valence-electron chi connectivity index (χ0n) is 20.4. The number of aromatic amines is 1. The van der Waals surface area contributed by atoms with E-state index < -0.39 is 27.3 Å². The predicted octanol–water partition coefficient (Wildman–Crippen LogP) is 4.88. The molecule has 40 heavy (non-hydrogen) atoms. The molecule has 0 unspecified atom stereocenters. The number of benzene rings is 2. The summed E-state index contributed by atoms with van der Waals surface area (Å²) >= 11 is 6.31. The number of nitrogens with one attached hydrogen (secondary N) is 2. The fourth-order valence-corrected chi connectivity index (χ4v) is 5.89. The molecule has 0 aliphatic carbocycles. The fraction of sp³-hybridized carbons (Fsp3) is 0.107. The molecule has 206 valence electrons. The Hall–Kier alpha value is -4.48. The second-order valence-corrected chi connectivity index (χ2v) is 10.9. The molecule has 0 saturated heterocycles. The molecule has 9 nitrogen and oxygen atoms in total. The summed E-state index contributed by atoms with van der Waals surface area (Å²) in [5, 5.41) is 0.810. The number of hydrogen-bond donors (Lipinski definition) is 3. The van der Waals surface area contributed by atoms with Crippen molar-refractivity contribution in [1.82, 2.24) is 19.3 Å². The number of fused-ring (bicyclic) bond motifs is 1. The third-order valence-corrected chi connectivity index (χ3v) is 7.89. The fourth-order valence-electron chi connectivity index (χ4n) is 4.53. The number of pyridine rings is 2. The molecule has 1 amide bonds. The van der Waals surface area contributed by atoms with Crippen LogP contribution in [0.15, 0.2) is 82.7 Å². The van der Waals surface area contributed by atoms with E-state index in [1.54, 1.807) is 41.0 Å². The highest BCUT2D eigenvalue weighted by Crippen LogP contribution is 2.36. The molecular formula is C28H25ClFN5O4S. The van der Waals surface area contributed by atoms with E-state index in [-0.39, 0.29) is 47.1 Å². The van der Waals surface area contributed by atoms with Gasteiger partial charge in [-0.1, -0.05) is 19.0 Å². The lowest BCUT2D eigenvalue weighted by atomic mass is 10.0. The molecule has 12 heteroatoms. The number of nitrogen functional groups attached to an aromatic ring is 1. The maximum Gasteiger partial charge on any atom is 0.282 e. The van der Waals surface area contributed by atoms with E-state index in [0.717, 1.165) is 18.2 Å². The molecule has 0 saturated carbocycles. The maximum atomic E-state index is 13.9. The van der Waals surface area contributed by atoms with Gasteiger partial charge in [0, 0.05) is 46.0 Å². The number of aryl methyl sites for hydroxylation is 1. The minimum Gasteiger partial charge on any atom is -0.384 e. The van der Waals surface area contributed by atoms with Gasteiger partial charge in [0.15, 0.2) is 0 Å². The largest absolute Gasteiger partial charge is 0.384 e. The number of H-pyrrole nitrogens is 1. The third kappa shape index (κ3) is 5.33. The van der Waals surface area contributed by atoms with Gasteiger partial charge in [-0.25, -0.2) is 22.5 Å². The van der Waals surface area contributed by atoms with Gasteiger partial charge in [-0.2, -0.15) is 0 Å². The lowest BCUT2D eigenvalue weighted by molar-refractivity contribution is 0.0974. The highest BCUT2D eigenvalue weighted by atomic mass is 35.5. The summed E-state index contributed by atoms with van der Waals surface area (Å²) in [4.78, 5) is 33.1. The van der Waals surface area contributed by atoms with Gasteiger partial charge in [0.1, 0.15) is 17.3 Å². The molecule has 0 fully saturated rings. The zero-order valence-corrected chi connectivity index (χ0v) is 22.0.